The number of aromatic nitrogens is 2. The molecule has 0 fully saturated rings. The summed E-state index contributed by atoms with van der Waals surface area (Å²) in [6.07, 6.45) is 0. The lowest BCUT2D eigenvalue weighted by Gasteiger charge is -2.13. The van der Waals surface area contributed by atoms with Gasteiger partial charge in [-0.25, -0.2) is 4.98 Å². The molecule has 2 aromatic carbocycles. The maximum atomic E-state index is 11.6. The van der Waals surface area contributed by atoms with Crippen LogP contribution in [0.25, 0.3) is 22.5 Å². The molecule has 3 rings (SSSR count). The summed E-state index contributed by atoms with van der Waals surface area (Å²) >= 11 is 0. The van der Waals surface area contributed by atoms with Gasteiger partial charge in [0.15, 0.2) is 0 Å². The average molecular weight is 380 g/mol. The molecule has 3 aromatic rings. The molecule has 1 aromatic heterocycles. The van der Waals surface area contributed by atoms with Crippen LogP contribution in [0.1, 0.15) is 25.6 Å². The van der Waals surface area contributed by atoms with Crippen LogP contribution in [-0.2, 0) is 11.3 Å². The van der Waals surface area contributed by atoms with Crippen LogP contribution in [0.4, 0.5) is 0 Å². The lowest BCUT2D eigenvalue weighted by Crippen LogP contribution is -2.14. The van der Waals surface area contributed by atoms with Crippen LogP contribution in [0.5, 0.6) is 11.5 Å². The Balaban J connectivity index is 2.25. The maximum absolute atomic E-state index is 11.6. The Morgan fingerprint density at radius 3 is 1.89 bits per heavy atom. The van der Waals surface area contributed by atoms with E-state index in [9.17, 15) is 9.90 Å². The molecule has 6 nitrogen and oxygen atoms in total. The molecule has 0 saturated carbocycles. The number of hydrogen-bond acceptors (Lipinski definition) is 4. The first-order valence-electron chi connectivity index (χ1n) is 9.05. The van der Waals surface area contributed by atoms with Crippen LogP contribution >= 0.6 is 0 Å². The molecule has 0 aliphatic heterocycles. The highest BCUT2D eigenvalue weighted by Gasteiger charge is 2.23. The molecule has 0 saturated heterocycles. The van der Waals surface area contributed by atoms with E-state index < -0.39 is 5.97 Å². The van der Waals surface area contributed by atoms with Gasteiger partial charge in [0.1, 0.15) is 23.9 Å². The maximum Gasteiger partial charge on any atom is 0.323 e. The molecule has 0 aliphatic rings. The molecule has 0 radical (unpaired) electrons. The minimum atomic E-state index is -0.907. The molecule has 0 atom stereocenters. The molecule has 0 bridgehead atoms. The summed E-state index contributed by atoms with van der Waals surface area (Å²) < 4.78 is 12.3. The van der Waals surface area contributed by atoms with E-state index in [4.69, 9.17) is 14.5 Å². The minimum Gasteiger partial charge on any atom is -0.497 e. The fourth-order valence-electron chi connectivity index (χ4n) is 3.20. The first-order valence-corrected chi connectivity index (χ1v) is 9.05. The second kappa shape index (κ2) is 8.17. The van der Waals surface area contributed by atoms with E-state index >= 15 is 0 Å². The first kappa shape index (κ1) is 19.5. The number of carboxylic acid groups (broad SMARTS) is 1. The van der Waals surface area contributed by atoms with Crippen LogP contribution in [-0.4, -0.2) is 34.8 Å². The molecule has 0 unspecified atom stereocenters. The Morgan fingerprint density at radius 2 is 1.46 bits per heavy atom. The van der Waals surface area contributed by atoms with E-state index in [2.05, 4.69) is 0 Å². The Bertz CT molecular complexity index is 957. The lowest BCUT2D eigenvalue weighted by atomic mass is 10.0. The number of methoxy groups -OCH3 is 2. The van der Waals surface area contributed by atoms with E-state index in [1.165, 1.54) is 0 Å². The molecular formula is C22H24N2O4. The van der Waals surface area contributed by atoms with E-state index in [0.29, 0.717) is 0 Å². The smallest absolute Gasteiger partial charge is 0.323 e. The molecule has 0 amide bonds. The number of imidazole rings is 1. The SMILES string of the molecule is COc1ccc(-c2nc(C(C)C)n(CC(=O)O)c2-c2ccc(OC)cc2)cc1. The molecular weight excluding hydrogens is 356 g/mol. The van der Waals surface area contributed by atoms with Gasteiger partial charge in [-0.2, -0.15) is 0 Å². The Hall–Kier alpha value is -3.28. The predicted octanol–water partition coefficient (Wildman–Crippen LogP) is 4.44. The third kappa shape index (κ3) is 3.86. The monoisotopic (exact) mass is 380 g/mol. The van der Waals surface area contributed by atoms with Gasteiger partial charge in [-0.1, -0.05) is 13.8 Å². The van der Waals surface area contributed by atoms with Gasteiger partial charge >= 0.3 is 5.97 Å². The standard InChI is InChI=1S/C22H24N2O4/c1-14(2)22-23-20(15-5-9-17(27-3)10-6-15)21(24(22)13-19(25)26)16-7-11-18(28-4)12-8-16/h5-12,14H,13H2,1-4H3,(H,25,26). The van der Waals surface area contributed by atoms with Gasteiger partial charge in [-0.15, -0.1) is 0 Å². The van der Waals surface area contributed by atoms with Crippen LogP contribution in [0.3, 0.4) is 0 Å². The van der Waals surface area contributed by atoms with Gasteiger partial charge in [-0.05, 0) is 48.5 Å². The van der Waals surface area contributed by atoms with E-state index in [0.717, 1.165) is 39.8 Å². The predicted molar refractivity (Wildman–Crippen MR) is 108 cm³/mol. The van der Waals surface area contributed by atoms with Crippen molar-refractivity contribution >= 4 is 5.97 Å². The van der Waals surface area contributed by atoms with Crippen molar-refractivity contribution in [1.82, 2.24) is 9.55 Å². The van der Waals surface area contributed by atoms with Crippen molar-refractivity contribution in [2.24, 2.45) is 0 Å². The van der Waals surface area contributed by atoms with E-state index in [-0.39, 0.29) is 12.5 Å². The number of benzene rings is 2. The van der Waals surface area contributed by atoms with E-state index in [1.54, 1.807) is 18.8 Å². The van der Waals surface area contributed by atoms with Crippen molar-refractivity contribution in [3.63, 3.8) is 0 Å². The molecule has 28 heavy (non-hydrogen) atoms. The number of nitrogens with zero attached hydrogens (tertiary/aromatic N) is 2. The summed E-state index contributed by atoms with van der Waals surface area (Å²) in [6, 6.07) is 15.2. The third-order valence-corrected chi connectivity index (χ3v) is 4.53. The van der Waals surface area contributed by atoms with Crippen molar-refractivity contribution < 1.29 is 19.4 Å². The minimum absolute atomic E-state index is 0.0725. The molecule has 0 aliphatic carbocycles. The van der Waals surface area contributed by atoms with Crippen molar-refractivity contribution in [3.05, 3.63) is 54.4 Å². The fraction of sp³-hybridized carbons (Fsp3) is 0.273. The van der Waals surface area contributed by atoms with Crippen LogP contribution < -0.4 is 9.47 Å². The summed E-state index contributed by atoms with van der Waals surface area (Å²) in [6.45, 7) is 3.87. The quantitative estimate of drug-likeness (QED) is 0.656. The normalized spacial score (nSPS) is 10.9. The molecule has 146 valence electrons. The summed E-state index contributed by atoms with van der Waals surface area (Å²) in [5.74, 6) is 1.39. The van der Waals surface area contributed by atoms with E-state index in [1.807, 2.05) is 62.4 Å². The number of carbonyl (C=O) groups is 1. The Kier molecular flexibility index (Phi) is 5.68. The highest BCUT2D eigenvalue weighted by atomic mass is 16.5. The van der Waals surface area contributed by atoms with Gasteiger partial charge in [-0.3, -0.25) is 4.79 Å². The molecule has 1 heterocycles. The Morgan fingerprint density at radius 1 is 0.964 bits per heavy atom. The van der Waals surface area contributed by atoms with Crippen molar-refractivity contribution in [3.8, 4) is 34.0 Å². The lowest BCUT2D eigenvalue weighted by molar-refractivity contribution is -0.137. The average Bonchev–Trinajstić information content (AvgIpc) is 3.07. The number of ether oxygens (including phenoxy) is 2. The summed E-state index contributed by atoms with van der Waals surface area (Å²) in [7, 11) is 3.24. The van der Waals surface area contributed by atoms with Crippen molar-refractivity contribution in [1.29, 1.82) is 0 Å². The second-order valence-corrected chi connectivity index (χ2v) is 6.76. The zero-order valence-corrected chi connectivity index (χ0v) is 16.5. The van der Waals surface area contributed by atoms with Crippen LogP contribution in [0.2, 0.25) is 0 Å². The molecule has 1 N–H and O–H groups in total. The van der Waals surface area contributed by atoms with Gasteiger partial charge in [0.05, 0.1) is 25.6 Å². The Labute approximate surface area is 164 Å². The number of carboxylic acids is 1. The molecule has 6 heteroatoms. The van der Waals surface area contributed by atoms with Crippen LogP contribution in [0, 0.1) is 0 Å². The van der Waals surface area contributed by atoms with Gasteiger partial charge < -0.3 is 19.1 Å². The topological polar surface area (TPSA) is 73.6 Å². The number of hydrogen-bond donors (Lipinski definition) is 1. The summed E-state index contributed by atoms with van der Waals surface area (Å²) in [4.78, 5) is 16.4. The highest BCUT2D eigenvalue weighted by molar-refractivity contribution is 5.81. The largest absolute Gasteiger partial charge is 0.497 e. The fourth-order valence-corrected chi connectivity index (χ4v) is 3.20. The van der Waals surface area contributed by atoms with Gasteiger partial charge in [0.2, 0.25) is 0 Å². The van der Waals surface area contributed by atoms with Gasteiger partial charge in [0.25, 0.3) is 0 Å². The second-order valence-electron chi connectivity index (χ2n) is 6.76. The zero-order chi connectivity index (χ0) is 20.3. The van der Waals surface area contributed by atoms with Crippen LogP contribution in [0.15, 0.2) is 48.5 Å². The highest BCUT2D eigenvalue weighted by Crippen LogP contribution is 2.36. The number of aliphatic carboxylic acids is 1. The van der Waals surface area contributed by atoms with Crippen molar-refractivity contribution in [2.75, 3.05) is 14.2 Å². The van der Waals surface area contributed by atoms with Crippen molar-refractivity contribution in [2.45, 2.75) is 26.3 Å². The zero-order valence-electron chi connectivity index (χ0n) is 16.5. The summed E-state index contributed by atoms with van der Waals surface area (Å²) in [5, 5.41) is 9.49. The third-order valence-electron chi connectivity index (χ3n) is 4.53. The number of rotatable bonds is 7. The molecule has 0 spiro atoms. The first-order chi connectivity index (χ1) is 13.4. The summed E-state index contributed by atoms with van der Waals surface area (Å²) in [5.41, 5.74) is 3.31. The van der Waals surface area contributed by atoms with Gasteiger partial charge in [0, 0.05) is 17.0 Å².